The maximum absolute atomic E-state index is 9.69. The summed E-state index contributed by atoms with van der Waals surface area (Å²) >= 11 is 6.18. The van der Waals surface area contributed by atoms with Gasteiger partial charge in [-0.3, -0.25) is 4.98 Å². The molecule has 0 aliphatic rings. The van der Waals surface area contributed by atoms with Crippen LogP contribution in [-0.2, 0) is 0 Å². The van der Waals surface area contributed by atoms with E-state index in [0.717, 1.165) is 27.6 Å². The fraction of sp³-hybridized carbons (Fsp3) is 0.0625. The maximum atomic E-state index is 9.69. The van der Waals surface area contributed by atoms with Crippen LogP contribution >= 0.6 is 11.6 Å². The Labute approximate surface area is 116 Å². The molecule has 0 spiro atoms. The van der Waals surface area contributed by atoms with E-state index in [9.17, 15) is 5.11 Å². The summed E-state index contributed by atoms with van der Waals surface area (Å²) in [6.45, 7) is 2.00. The standard InChI is InChI=1S/C16H12ClNO/c1-10-4-5-13(19)9-14(10)15-8-12(17)7-11-3-2-6-18-16(11)15/h2-9,19H,1H3. The molecule has 0 atom stereocenters. The number of hydrogen-bond acceptors (Lipinski definition) is 2. The van der Waals surface area contributed by atoms with E-state index in [4.69, 9.17) is 11.6 Å². The second-order valence-electron chi connectivity index (χ2n) is 4.53. The van der Waals surface area contributed by atoms with Crippen molar-refractivity contribution in [2.24, 2.45) is 0 Å². The SMILES string of the molecule is Cc1ccc(O)cc1-c1cc(Cl)cc2cccnc12. The summed E-state index contributed by atoms with van der Waals surface area (Å²) in [7, 11) is 0. The normalized spacial score (nSPS) is 10.8. The highest BCUT2D eigenvalue weighted by Crippen LogP contribution is 2.34. The predicted molar refractivity (Wildman–Crippen MR) is 78.6 cm³/mol. The molecule has 0 aliphatic carbocycles. The van der Waals surface area contributed by atoms with Crippen molar-refractivity contribution in [3.05, 3.63) is 59.2 Å². The number of pyridine rings is 1. The van der Waals surface area contributed by atoms with Crippen molar-refractivity contribution in [3.8, 4) is 16.9 Å². The summed E-state index contributed by atoms with van der Waals surface area (Å²) in [5.41, 5.74) is 3.86. The maximum Gasteiger partial charge on any atom is 0.116 e. The minimum atomic E-state index is 0.240. The number of benzene rings is 2. The summed E-state index contributed by atoms with van der Waals surface area (Å²) in [5, 5.41) is 11.3. The highest BCUT2D eigenvalue weighted by atomic mass is 35.5. The van der Waals surface area contributed by atoms with Gasteiger partial charge < -0.3 is 5.11 Å². The van der Waals surface area contributed by atoms with Crippen LogP contribution in [0.15, 0.2) is 48.7 Å². The predicted octanol–water partition coefficient (Wildman–Crippen LogP) is 4.57. The molecule has 1 aromatic heterocycles. The largest absolute Gasteiger partial charge is 0.508 e. The molecule has 1 N–H and O–H groups in total. The van der Waals surface area contributed by atoms with Crippen LogP contribution in [0.1, 0.15) is 5.56 Å². The van der Waals surface area contributed by atoms with Crippen molar-refractivity contribution >= 4 is 22.5 Å². The molecule has 3 aromatic rings. The molecule has 0 radical (unpaired) electrons. The average Bonchev–Trinajstić information content (AvgIpc) is 2.40. The van der Waals surface area contributed by atoms with Crippen molar-refractivity contribution in [3.63, 3.8) is 0 Å². The number of nitrogens with zero attached hydrogens (tertiary/aromatic N) is 1. The molecule has 0 fully saturated rings. The van der Waals surface area contributed by atoms with Crippen molar-refractivity contribution in [1.82, 2.24) is 4.98 Å². The molecule has 94 valence electrons. The highest BCUT2D eigenvalue weighted by molar-refractivity contribution is 6.32. The van der Waals surface area contributed by atoms with Crippen LogP contribution < -0.4 is 0 Å². The van der Waals surface area contributed by atoms with Gasteiger partial charge in [0.2, 0.25) is 0 Å². The molecule has 3 rings (SSSR count). The Morgan fingerprint density at radius 2 is 1.89 bits per heavy atom. The molecule has 0 saturated carbocycles. The zero-order chi connectivity index (χ0) is 13.4. The summed E-state index contributed by atoms with van der Waals surface area (Å²) in [4.78, 5) is 4.43. The van der Waals surface area contributed by atoms with E-state index in [1.54, 1.807) is 18.3 Å². The van der Waals surface area contributed by atoms with Crippen molar-refractivity contribution in [2.75, 3.05) is 0 Å². The van der Waals surface area contributed by atoms with Crippen LogP contribution in [0.4, 0.5) is 0 Å². The fourth-order valence-electron chi connectivity index (χ4n) is 2.26. The zero-order valence-electron chi connectivity index (χ0n) is 10.4. The number of aryl methyl sites for hydroxylation is 1. The Hall–Kier alpha value is -2.06. The van der Waals surface area contributed by atoms with Gasteiger partial charge in [-0.15, -0.1) is 0 Å². The summed E-state index contributed by atoms with van der Waals surface area (Å²) in [6.07, 6.45) is 1.76. The molecule has 19 heavy (non-hydrogen) atoms. The van der Waals surface area contributed by atoms with Gasteiger partial charge in [-0.1, -0.05) is 23.7 Å². The molecule has 2 aromatic carbocycles. The van der Waals surface area contributed by atoms with E-state index in [0.29, 0.717) is 5.02 Å². The minimum Gasteiger partial charge on any atom is -0.508 e. The van der Waals surface area contributed by atoms with Gasteiger partial charge in [0.1, 0.15) is 5.75 Å². The zero-order valence-corrected chi connectivity index (χ0v) is 11.1. The van der Waals surface area contributed by atoms with Crippen molar-refractivity contribution in [1.29, 1.82) is 0 Å². The lowest BCUT2D eigenvalue weighted by molar-refractivity contribution is 0.475. The van der Waals surface area contributed by atoms with Crippen LogP contribution in [0, 0.1) is 6.92 Å². The van der Waals surface area contributed by atoms with Gasteiger partial charge in [0.15, 0.2) is 0 Å². The van der Waals surface area contributed by atoms with Crippen LogP contribution in [0.2, 0.25) is 5.02 Å². The molecule has 3 heteroatoms. The van der Waals surface area contributed by atoms with E-state index in [1.165, 1.54) is 0 Å². The lowest BCUT2D eigenvalue weighted by Gasteiger charge is -2.10. The molecule has 0 saturated heterocycles. The van der Waals surface area contributed by atoms with Gasteiger partial charge in [0.05, 0.1) is 5.52 Å². The topological polar surface area (TPSA) is 33.1 Å². The first-order valence-corrected chi connectivity index (χ1v) is 6.37. The Balaban J connectivity index is 2.38. The number of halogens is 1. The minimum absolute atomic E-state index is 0.240. The van der Waals surface area contributed by atoms with Crippen LogP contribution in [0.5, 0.6) is 5.75 Å². The van der Waals surface area contributed by atoms with Crippen molar-refractivity contribution < 1.29 is 5.11 Å². The summed E-state index contributed by atoms with van der Waals surface area (Å²) in [6, 6.07) is 13.0. The van der Waals surface area contributed by atoms with E-state index in [-0.39, 0.29) is 5.75 Å². The number of hydrogen-bond donors (Lipinski definition) is 1. The highest BCUT2D eigenvalue weighted by Gasteiger charge is 2.10. The molecule has 1 heterocycles. The van der Waals surface area contributed by atoms with Crippen LogP contribution in [0.25, 0.3) is 22.0 Å². The molecule has 0 unspecified atom stereocenters. The first kappa shape index (κ1) is 12.0. The van der Waals surface area contributed by atoms with Gasteiger partial charge >= 0.3 is 0 Å². The third kappa shape index (κ3) is 2.15. The summed E-state index contributed by atoms with van der Waals surface area (Å²) < 4.78 is 0. The quantitative estimate of drug-likeness (QED) is 0.702. The lowest BCUT2D eigenvalue weighted by atomic mass is 9.97. The smallest absolute Gasteiger partial charge is 0.116 e. The first-order chi connectivity index (χ1) is 9.15. The van der Waals surface area contributed by atoms with Gasteiger partial charge in [-0.2, -0.15) is 0 Å². The van der Waals surface area contributed by atoms with Crippen LogP contribution in [-0.4, -0.2) is 10.1 Å². The number of fused-ring (bicyclic) bond motifs is 1. The van der Waals surface area contributed by atoms with Gasteiger partial charge in [-0.05, 0) is 48.4 Å². The molecular formula is C16H12ClNO. The van der Waals surface area contributed by atoms with Crippen LogP contribution in [0.3, 0.4) is 0 Å². The molecular weight excluding hydrogens is 258 g/mol. The van der Waals surface area contributed by atoms with E-state index in [1.807, 2.05) is 37.3 Å². The van der Waals surface area contributed by atoms with Gasteiger partial charge in [0, 0.05) is 22.2 Å². The number of phenolic OH excluding ortho intramolecular Hbond substituents is 1. The third-order valence-electron chi connectivity index (χ3n) is 3.18. The van der Waals surface area contributed by atoms with Crippen molar-refractivity contribution in [2.45, 2.75) is 6.92 Å². The van der Waals surface area contributed by atoms with Gasteiger partial charge in [0.25, 0.3) is 0 Å². The first-order valence-electron chi connectivity index (χ1n) is 5.99. The Kier molecular flexibility index (Phi) is 2.88. The van der Waals surface area contributed by atoms with E-state index < -0.39 is 0 Å². The number of aromatic nitrogens is 1. The fourth-order valence-corrected chi connectivity index (χ4v) is 2.49. The molecule has 0 bridgehead atoms. The third-order valence-corrected chi connectivity index (χ3v) is 3.40. The Morgan fingerprint density at radius 3 is 2.74 bits per heavy atom. The number of aromatic hydroxyl groups is 1. The summed E-state index contributed by atoms with van der Waals surface area (Å²) in [5.74, 6) is 0.240. The molecule has 0 amide bonds. The van der Waals surface area contributed by atoms with E-state index in [2.05, 4.69) is 4.98 Å². The Bertz CT molecular complexity index is 768. The Morgan fingerprint density at radius 1 is 1.05 bits per heavy atom. The average molecular weight is 270 g/mol. The number of rotatable bonds is 1. The molecule has 2 nitrogen and oxygen atoms in total. The second kappa shape index (κ2) is 4.56. The monoisotopic (exact) mass is 269 g/mol. The van der Waals surface area contributed by atoms with Gasteiger partial charge in [-0.25, -0.2) is 0 Å². The van der Waals surface area contributed by atoms with E-state index >= 15 is 0 Å². The molecule has 0 aliphatic heterocycles. The number of phenols is 1. The second-order valence-corrected chi connectivity index (χ2v) is 4.96. The lowest BCUT2D eigenvalue weighted by Crippen LogP contribution is -1.88.